The highest BCUT2D eigenvalue weighted by molar-refractivity contribution is 5.78. The summed E-state index contributed by atoms with van der Waals surface area (Å²) in [5.74, 6) is 1.09. The number of aliphatic hydroxyl groups is 1. The average molecular weight is 338 g/mol. The highest BCUT2D eigenvalue weighted by atomic mass is 16.3. The van der Waals surface area contributed by atoms with Crippen LogP contribution in [-0.4, -0.2) is 84.2 Å². The van der Waals surface area contributed by atoms with Crippen LogP contribution in [0.5, 0.6) is 0 Å². The molecule has 0 spiro atoms. The van der Waals surface area contributed by atoms with Crippen LogP contribution in [0.3, 0.4) is 0 Å². The molecule has 3 rings (SSSR count). The van der Waals surface area contributed by atoms with Crippen LogP contribution in [0.4, 0.5) is 0 Å². The molecule has 138 valence electrons. The van der Waals surface area contributed by atoms with Gasteiger partial charge in [-0.05, 0) is 83.6 Å². The number of amides is 1. The molecule has 5 nitrogen and oxygen atoms in total. The number of piperidine rings is 1. The summed E-state index contributed by atoms with van der Waals surface area (Å²) in [5, 5.41) is 10.3. The van der Waals surface area contributed by atoms with Gasteiger partial charge in [-0.15, -0.1) is 0 Å². The van der Waals surface area contributed by atoms with Crippen LogP contribution in [-0.2, 0) is 4.79 Å². The summed E-state index contributed by atoms with van der Waals surface area (Å²) in [6.07, 6.45) is 9.28. The zero-order chi connectivity index (χ0) is 16.8. The van der Waals surface area contributed by atoms with E-state index in [1.54, 1.807) is 0 Å². The van der Waals surface area contributed by atoms with Crippen LogP contribution in [0, 0.1) is 5.92 Å². The molecule has 3 saturated heterocycles. The van der Waals surface area contributed by atoms with Crippen molar-refractivity contribution in [2.75, 3.05) is 52.4 Å². The van der Waals surface area contributed by atoms with Crippen molar-refractivity contribution in [1.29, 1.82) is 0 Å². The summed E-state index contributed by atoms with van der Waals surface area (Å²) in [7, 11) is 0. The molecule has 0 aliphatic carbocycles. The molecule has 3 aliphatic heterocycles. The molecule has 3 aliphatic rings. The Hall–Kier alpha value is -0.650. The van der Waals surface area contributed by atoms with Crippen molar-refractivity contribution in [3.63, 3.8) is 0 Å². The fraction of sp³-hybridized carbons (Fsp3) is 0.947. The first kappa shape index (κ1) is 18.2. The van der Waals surface area contributed by atoms with E-state index in [9.17, 15) is 9.90 Å². The van der Waals surface area contributed by atoms with E-state index in [1.165, 1.54) is 58.2 Å². The van der Waals surface area contributed by atoms with Crippen molar-refractivity contribution >= 4 is 5.91 Å². The van der Waals surface area contributed by atoms with Crippen molar-refractivity contribution in [1.82, 2.24) is 14.7 Å². The fourth-order valence-corrected chi connectivity index (χ4v) is 4.57. The zero-order valence-electron chi connectivity index (χ0n) is 15.2. The molecule has 1 unspecified atom stereocenters. The highest BCUT2D eigenvalue weighted by Crippen LogP contribution is 2.23. The number of likely N-dealkylation sites (tertiary alicyclic amines) is 3. The third kappa shape index (κ3) is 5.43. The minimum atomic E-state index is -0.390. The van der Waals surface area contributed by atoms with Crippen molar-refractivity contribution < 1.29 is 9.90 Å². The third-order valence-corrected chi connectivity index (χ3v) is 6.06. The maximum Gasteiger partial charge on any atom is 0.222 e. The van der Waals surface area contributed by atoms with Crippen molar-refractivity contribution in [3.05, 3.63) is 0 Å². The molecule has 0 saturated carbocycles. The van der Waals surface area contributed by atoms with Gasteiger partial charge in [0.15, 0.2) is 0 Å². The molecule has 1 amide bonds. The Morgan fingerprint density at radius 1 is 0.958 bits per heavy atom. The molecule has 0 bridgehead atoms. The number of nitrogens with zero attached hydrogens (tertiary/aromatic N) is 3. The molecule has 1 N–H and O–H groups in total. The van der Waals surface area contributed by atoms with E-state index >= 15 is 0 Å². The van der Waals surface area contributed by atoms with E-state index in [0.29, 0.717) is 13.0 Å². The Kier molecular flexibility index (Phi) is 6.93. The van der Waals surface area contributed by atoms with Gasteiger partial charge < -0.3 is 19.8 Å². The van der Waals surface area contributed by atoms with Gasteiger partial charge in [-0.25, -0.2) is 0 Å². The lowest BCUT2D eigenvalue weighted by atomic mass is 9.92. The Balaban J connectivity index is 1.26. The molecule has 0 radical (unpaired) electrons. The first-order valence-corrected chi connectivity index (χ1v) is 10.1. The van der Waals surface area contributed by atoms with Gasteiger partial charge >= 0.3 is 0 Å². The van der Waals surface area contributed by atoms with E-state index in [-0.39, 0.29) is 5.91 Å². The SMILES string of the molecule is O=C1CCCN1CC(O)CN1CCC(CCCN2CCCC2)CC1. The van der Waals surface area contributed by atoms with Crippen LogP contribution < -0.4 is 0 Å². The lowest BCUT2D eigenvalue weighted by molar-refractivity contribution is -0.129. The van der Waals surface area contributed by atoms with Crippen molar-refractivity contribution in [2.24, 2.45) is 5.92 Å². The summed E-state index contributed by atoms with van der Waals surface area (Å²) in [5.41, 5.74) is 0. The largest absolute Gasteiger partial charge is 0.390 e. The smallest absolute Gasteiger partial charge is 0.222 e. The number of rotatable bonds is 8. The lowest BCUT2D eigenvalue weighted by Gasteiger charge is -2.34. The van der Waals surface area contributed by atoms with Crippen molar-refractivity contribution in [2.45, 2.75) is 57.5 Å². The first-order valence-electron chi connectivity index (χ1n) is 10.1. The monoisotopic (exact) mass is 337 g/mol. The lowest BCUT2D eigenvalue weighted by Crippen LogP contribution is -2.43. The zero-order valence-corrected chi connectivity index (χ0v) is 15.2. The van der Waals surface area contributed by atoms with Gasteiger partial charge in [0.25, 0.3) is 0 Å². The van der Waals surface area contributed by atoms with E-state index in [2.05, 4.69) is 9.80 Å². The second-order valence-electron chi connectivity index (χ2n) is 8.03. The summed E-state index contributed by atoms with van der Waals surface area (Å²) in [6, 6.07) is 0. The molecule has 0 aromatic carbocycles. The summed E-state index contributed by atoms with van der Waals surface area (Å²) in [6.45, 7) is 8.22. The van der Waals surface area contributed by atoms with Crippen molar-refractivity contribution in [3.8, 4) is 0 Å². The van der Waals surface area contributed by atoms with E-state index in [4.69, 9.17) is 0 Å². The number of hydrogen-bond donors (Lipinski definition) is 1. The molecule has 5 heteroatoms. The Labute approximate surface area is 147 Å². The second-order valence-corrected chi connectivity index (χ2v) is 8.03. The van der Waals surface area contributed by atoms with Gasteiger partial charge in [0.2, 0.25) is 5.91 Å². The predicted octanol–water partition coefficient (Wildman–Crippen LogP) is 1.56. The molecular formula is C19H35N3O2. The maximum atomic E-state index is 11.6. The number of carbonyl (C=O) groups is 1. The van der Waals surface area contributed by atoms with Gasteiger partial charge in [0, 0.05) is 26.1 Å². The van der Waals surface area contributed by atoms with Crippen LogP contribution in [0.1, 0.15) is 51.4 Å². The number of β-amino-alcohol motifs (C(OH)–C–C–N with tert-alkyl or cyclic N) is 1. The fourth-order valence-electron chi connectivity index (χ4n) is 4.57. The van der Waals surface area contributed by atoms with Crippen LogP contribution >= 0.6 is 0 Å². The van der Waals surface area contributed by atoms with Gasteiger partial charge in [-0.3, -0.25) is 4.79 Å². The third-order valence-electron chi connectivity index (χ3n) is 6.06. The molecule has 0 aromatic rings. The molecule has 1 atom stereocenters. The summed E-state index contributed by atoms with van der Waals surface area (Å²) < 4.78 is 0. The normalized spacial score (nSPS) is 25.7. The number of aliphatic hydroxyl groups excluding tert-OH is 1. The second kappa shape index (κ2) is 9.16. The summed E-state index contributed by atoms with van der Waals surface area (Å²) in [4.78, 5) is 18.5. The quantitative estimate of drug-likeness (QED) is 0.730. The van der Waals surface area contributed by atoms with Crippen LogP contribution in [0.2, 0.25) is 0 Å². The molecule has 24 heavy (non-hydrogen) atoms. The minimum Gasteiger partial charge on any atom is -0.390 e. The first-order chi connectivity index (χ1) is 11.7. The van der Waals surface area contributed by atoms with E-state index in [1.807, 2.05) is 4.90 Å². The van der Waals surface area contributed by atoms with Gasteiger partial charge in [0.05, 0.1) is 6.10 Å². The Morgan fingerprint density at radius 3 is 2.38 bits per heavy atom. The average Bonchev–Trinajstić information content (AvgIpc) is 3.22. The number of carbonyl (C=O) groups excluding carboxylic acids is 1. The molecule has 0 aromatic heterocycles. The van der Waals surface area contributed by atoms with Gasteiger partial charge in [-0.2, -0.15) is 0 Å². The van der Waals surface area contributed by atoms with E-state index < -0.39 is 6.10 Å². The predicted molar refractivity (Wildman–Crippen MR) is 95.9 cm³/mol. The van der Waals surface area contributed by atoms with Gasteiger partial charge in [0.1, 0.15) is 0 Å². The molecular weight excluding hydrogens is 302 g/mol. The molecule has 3 heterocycles. The standard InChI is InChI=1S/C19H35N3O2/c23-18(16-22-12-4-6-19(22)24)15-21-13-7-17(8-14-21)5-3-11-20-9-1-2-10-20/h17-18,23H,1-16H2. The minimum absolute atomic E-state index is 0.214. The molecule has 3 fully saturated rings. The Bertz CT molecular complexity index is 390. The van der Waals surface area contributed by atoms with Gasteiger partial charge in [-0.1, -0.05) is 0 Å². The Morgan fingerprint density at radius 2 is 1.71 bits per heavy atom. The van der Waals surface area contributed by atoms with Crippen LogP contribution in [0.15, 0.2) is 0 Å². The van der Waals surface area contributed by atoms with E-state index in [0.717, 1.165) is 38.5 Å². The maximum absolute atomic E-state index is 11.6. The van der Waals surface area contributed by atoms with Crippen LogP contribution in [0.25, 0.3) is 0 Å². The summed E-state index contributed by atoms with van der Waals surface area (Å²) >= 11 is 0. The topological polar surface area (TPSA) is 47.0 Å². The highest BCUT2D eigenvalue weighted by Gasteiger charge is 2.25. The number of hydrogen-bond acceptors (Lipinski definition) is 4.